The second-order valence-electron chi connectivity index (χ2n) is 6.64. The summed E-state index contributed by atoms with van der Waals surface area (Å²) >= 11 is 3.35. The monoisotopic (exact) mass is 356 g/mol. The number of hydrogen-bond donors (Lipinski definition) is 0. The van der Waals surface area contributed by atoms with Gasteiger partial charge in [0.1, 0.15) is 5.01 Å². The highest BCUT2D eigenvalue weighted by Crippen LogP contribution is 2.33. The molecule has 1 atom stereocenters. The van der Waals surface area contributed by atoms with Crippen LogP contribution in [0.4, 0.5) is 0 Å². The number of aromatic nitrogens is 1. The number of para-hydroxylation sites is 1. The van der Waals surface area contributed by atoms with Crippen LogP contribution in [0.1, 0.15) is 38.5 Å². The largest absolute Gasteiger partial charge is 0.334 e. The molecule has 0 fully saturated rings. The summed E-state index contributed by atoms with van der Waals surface area (Å²) in [6.45, 7) is 2.86. The fourth-order valence-corrected chi connectivity index (χ4v) is 5.49. The lowest BCUT2D eigenvalue weighted by atomic mass is 9.90. The quantitative estimate of drug-likeness (QED) is 0.678. The molecule has 1 aliphatic rings. The first-order valence-electron chi connectivity index (χ1n) is 8.31. The van der Waals surface area contributed by atoms with Crippen LogP contribution >= 0.6 is 22.7 Å². The Morgan fingerprint density at radius 1 is 1.33 bits per heavy atom. The molecule has 0 aliphatic heterocycles. The fourth-order valence-electron chi connectivity index (χ4n) is 3.26. The molecule has 124 valence electrons. The lowest BCUT2D eigenvalue weighted by Gasteiger charge is -2.16. The van der Waals surface area contributed by atoms with Gasteiger partial charge in [-0.2, -0.15) is 0 Å². The van der Waals surface area contributed by atoms with Crippen LogP contribution < -0.4 is 0 Å². The Balaban J connectivity index is 1.51. The van der Waals surface area contributed by atoms with Gasteiger partial charge in [0.05, 0.1) is 21.6 Å². The molecule has 0 saturated carbocycles. The third kappa shape index (κ3) is 2.98. The van der Waals surface area contributed by atoms with Crippen LogP contribution in [0.5, 0.6) is 0 Å². The average Bonchev–Trinajstić information content (AvgIpc) is 3.16. The first-order valence-corrected chi connectivity index (χ1v) is 9.95. The first kappa shape index (κ1) is 15.8. The normalized spacial score (nSPS) is 17.0. The van der Waals surface area contributed by atoms with Crippen LogP contribution in [-0.4, -0.2) is 22.8 Å². The van der Waals surface area contributed by atoms with Gasteiger partial charge >= 0.3 is 0 Å². The lowest BCUT2D eigenvalue weighted by molar-refractivity contribution is 0.0789. The van der Waals surface area contributed by atoms with Gasteiger partial charge in [0.2, 0.25) is 0 Å². The number of rotatable bonds is 3. The third-order valence-electron chi connectivity index (χ3n) is 4.60. The molecular weight excluding hydrogens is 336 g/mol. The van der Waals surface area contributed by atoms with Crippen molar-refractivity contribution in [3.63, 3.8) is 0 Å². The van der Waals surface area contributed by atoms with Gasteiger partial charge in [-0.1, -0.05) is 19.1 Å². The molecule has 1 aliphatic carbocycles. The van der Waals surface area contributed by atoms with Crippen molar-refractivity contribution in [2.75, 3.05) is 7.05 Å². The van der Waals surface area contributed by atoms with E-state index in [9.17, 15) is 4.79 Å². The molecule has 24 heavy (non-hydrogen) atoms. The number of nitrogens with zero attached hydrogens (tertiary/aromatic N) is 2. The van der Waals surface area contributed by atoms with Crippen molar-refractivity contribution in [1.82, 2.24) is 9.88 Å². The van der Waals surface area contributed by atoms with E-state index in [2.05, 4.69) is 24.0 Å². The molecule has 4 rings (SSSR count). The van der Waals surface area contributed by atoms with E-state index in [0.29, 0.717) is 6.54 Å². The van der Waals surface area contributed by atoms with Gasteiger partial charge in [0, 0.05) is 11.9 Å². The van der Waals surface area contributed by atoms with E-state index in [-0.39, 0.29) is 5.91 Å². The van der Waals surface area contributed by atoms with Crippen molar-refractivity contribution in [3.8, 4) is 0 Å². The van der Waals surface area contributed by atoms with Gasteiger partial charge in [0.25, 0.3) is 5.91 Å². The van der Waals surface area contributed by atoms with E-state index in [0.717, 1.165) is 34.2 Å². The van der Waals surface area contributed by atoms with E-state index in [1.54, 1.807) is 27.6 Å². The van der Waals surface area contributed by atoms with Crippen LogP contribution in [0.25, 0.3) is 10.2 Å². The molecule has 0 saturated heterocycles. The molecule has 3 nitrogen and oxygen atoms in total. The zero-order chi connectivity index (χ0) is 16.7. The van der Waals surface area contributed by atoms with Crippen LogP contribution in [0.2, 0.25) is 0 Å². The minimum Gasteiger partial charge on any atom is -0.334 e. The maximum Gasteiger partial charge on any atom is 0.264 e. The van der Waals surface area contributed by atoms with Crippen LogP contribution in [0.15, 0.2) is 30.3 Å². The first-order chi connectivity index (χ1) is 11.6. The molecule has 3 aromatic rings. The smallest absolute Gasteiger partial charge is 0.264 e. The highest BCUT2D eigenvalue weighted by atomic mass is 32.1. The Morgan fingerprint density at radius 3 is 3.00 bits per heavy atom. The van der Waals surface area contributed by atoms with Crippen molar-refractivity contribution < 1.29 is 4.79 Å². The second kappa shape index (κ2) is 6.30. The van der Waals surface area contributed by atoms with Crippen LogP contribution in [-0.2, 0) is 19.4 Å². The number of fused-ring (bicyclic) bond motifs is 2. The number of hydrogen-bond acceptors (Lipinski definition) is 4. The molecule has 0 spiro atoms. The van der Waals surface area contributed by atoms with Gasteiger partial charge in [-0.15, -0.1) is 22.7 Å². The van der Waals surface area contributed by atoms with Crippen molar-refractivity contribution >= 4 is 38.8 Å². The highest BCUT2D eigenvalue weighted by molar-refractivity contribution is 7.18. The SMILES string of the molecule is C[C@H]1CCc2sc(C(=O)N(C)Cc3nc4ccccc4s3)cc2C1. The van der Waals surface area contributed by atoms with Crippen molar-refractivity contribution in [2.45, 2.75) is 32.7 Å². The number of aryl methyl sites for hydroxylation is 1. The van der Waals surface area contributed by atoms with Gasteiger partial charge in [-0.05, 0) is 48.9 Å². The zero-order valence-corrected chi connectivity index (χ0v) is 15.5. The summed E-state index contributed by atoms with van der Waals surface area (Å²) in [4.78, 5) is 21.5. The zero-order valence-electron chi connectivity index (χ0n) is 13.9. The lowest BCUT2D eigenvalue weighted by Crippen LogP contribution is -2.25. The molecule has 5 heteroatoms. The Kier molecular flexibility index (Phi) is 4.14. The summed E-state index contributed by atoms with van der Waals surface area (Å²) in [6, 6.07) is 10.2. The van der Waals surface area contributed by atoms with Crippen LogP contribution in [0.3, 0.4) is 0 Å². The standard InChI is InChI=1S/C19H20N2OS2/c1-12-7-8-15-13(9-12)10-17(23-15)19(22)21(2)11-18-20-14-5-3-4-6-16(14)24-18/h3-6,10,12H,7-9,11H2,1-2H3/t12-/m0/s1. The van der Waals surface area contributed by atoms with E-state index in [1.165, 1.54) is 21.6 Å². The van der Waals surface area contributed by atoms with Gasteiger partial charge in [-0.3, -0.25) is 4.79 Å². The average molecular weight is 357 g/mol. The number of amides is 1. The predicted octanol–water partition coefficient (Wildman–Crippen LogP) is 4.75. The maximum absolute atomic E-state index is 12.8. The summed E-state index contributed by atoms with van der Waals surface area (Å²) in [6.07, 6.45) is 3.47. The van der Waals surface area contributed by atoms with Crippen molar-refractivity contribution in [3.05, 3.63) is 50.7 Å². The Morgan fingerprint density at radius 2 is 2.17 bits per heavy atom. The van der Waals surface area contributed by atoms with E-state index < -0.39 is 0 Å². The molecular formula is C19H20N2OS2. The summed E-state index contributed by atoms with van der Waals surface area (Å²) in [5.41, 5.74) is 2.40. The topological polar surface area (TPSA) is 33.2 Å². The van der Waals surface area contributed by atoms with Gasteiger partial charge in [-0.25, -0.2) is 4.98 Å². The minimum absolute atomic E-state index is 0.112. The third-order valence-corrected chi connectivity index (χ3v) is 6.84. The van der Waals surface area contributed by atoms with Crippen LogP contribution in [0, 0.1) is 5.92 Å². The highest BCUT2D eigenvalue weighted by Gasteiger charge is 2.22. The molecule has 1 aromatic carbocycles. The molecule has 1 amide bonds. The Bertz CT molecular complexity index is 863. The maximum atomic E-state index is 12.8. The number of carbonyl (C=O) groups excluding carboxylic acids is 1. The molecule has 2 aromatic heterocycles. The number of benzene rings is 1. The minimum atomic E-state index is 0.112. The van der Waals surface area contributed by atoms with Crippen molar-refractivity contribution in [2.24, 2.45) is 5.92 Å². The molecule has 2 heterocycles. The molecule has 0 unspecified atom stereocenters. The summed E-state index contributed by atoms with van der Waals surface area (Å²) in [7, 11) is 1.87. The van der Waals surface area contributed by atoms with E-state index in [1.807, 2.05) is 25.2 Å². The second-order valence-corrected chi connectivity index (χ2v) is 8.90. The Labute approximate surface area is 150 Å². The molecule has 0 N–H and O–H groups in total. The number of thiophene rings is 1. The number of thiazole rings is 1. The molecule has 0 bridgehead atoms. The molecule has 0 radical (unpaired) electrons. The summed E-state index contributed by atoms with van der Waals surface area (Å²) in [5, 5.41) is 0.988. The summed E-state index contributed by atoms with van der Waals surface area (Å²) < 4.78 is 1.17. The van der Waals surface area contributed by atoms with E-state index in [4.69, 9.17) is 0 Å². The number of carbonyl (C=O) groups is 1. The predicted molar refractivity (Wildman–Crippen MR) is 101 cm³/mol. The van der Waals surface area contributed by atoms with E-state index >= 15 is 0 Å². The Hall–Kier alpha value is -1.72. The fraction of sp³-hybridized carbons (Fsp3) is 0.368. The summed E-state index contributed by atoms with van der Waals surface area (Å²) in [5.74, 6) is 0.844. The van der Waals surface area contributed by atoms with Gasteiger partial charge < -0.3 is 4.90 Å². The van der Waals surface area contributed by atoms with Crippen molar-refractivity contribution in [1.29, 1.82) is 0 Å². The van der Waals surface area contributed by atoms with Gasteiger partial charge in [0.15, 0.2) is 0 Å².